The number of ketones is 1. The fourth-order valence-corrected chi connectivity index (χ4v) is 2.17. The minimum Gasteiger partial charge on any atom is -0.484 e. The second kappa shape index (κ2) is 8.63. The third-order valence-electron chi connectivity index (χ3n) is 3.33. The van der Waals surface area contributed by atoms with Crippen molar-refractivity contribution in [2.24, 2.45) is 0 Å². The van der Waals surface area contributed by atoms with Crippen molar-refractivity contribution in [1.29, 1.82) is 0 Å². The first-order chi connectivity index (χ1) is 12.0. The lowest BCUT2D eigenvalue weighted by atomic mass is 10.1. The Bertz CT molecular complexity index is 769. The molecule has 0 bridgehead atoms. The number of hydrogen-bond acceptors (Lipinski definition) is 4. The first-order valence-corrected chi connectivity index (χ1v) is 7.91. The molecular formula is C19H20N2O4. The Balaban J connectivity index is 1.88. The summed E-state index contributed by atoms with van der Waals surface area (Å²) in [5.74, 6) is 0.0589. The van der Waals surface area contributed by atoms with Gasteiger partial charge in [-0.1, -0.05) is 13.0 Å². The van der Waals surface area contributed by atoms with Crippen molar-refractivity contribution in [2.45, 2.75) is 20.3 Å². The van der Waals surface area contributed by atoms with Crippen molar-refractivity contribution in [2.75, 3.05) is 17.2 Å². The zero-order valence-electron chi connectivity index (χ0n) is 14.2. The van der Waals surface area contributed by atoms with E-state index < -0.39 is 0 Å². The van der Waals surface area contributed by atoms with E-state index >= 15 is 0 Å². The van der Waals surface area contributed by atoms with Gasteiger partial charge in [0, 0.05) is 30.3 Å². The zero-order chi connectivity index (χ0) is 18.2. The van der Waals surface area contributed by atoms with E-state index in [4.69, 9.17) is 4.74 Å². The largest absolute Gasteiger partial charge is 0.484 e. The number of anilines is 2. The molecule has 0 saturated carbocycles. The molecule has 0 heterocycles. The van der Waals surface area contributed by atoms with Gasteiger partial charge in [0.25, 0.3) is 5.91 Å². The first-order valence-electron chi connectivity index (χ1n) is 7.91. The van der Waals surface area contributed by atoms with Gasteiger partial charge in [-0.3, -0.25) is 14.4 Å². The van der Waals surface area contributed by atoms with Crippen LogP contribution in [0.2, 0.25) is 0 Å². The molecule has 0 fully saturated rings. The van der Waals surface area contributed by atoms with Crippen LogP contribution in [0.15, 0.2) is 48.5 Å². The molecule has 6 nitrogen and oxygen atoms in total. The smallest absolute Gasteiger partial charge is 0.262 e. The summed E-state index contributed by atoms with van der Waals surface area (Å²) in [6, 6.07) is 13.5. The fraction of sp³-hybridized carbons (Fsp3) is 0.211. The van der Waals surface area contributed by atoms with E-state index in [-0.39, 0.29) is 24.2 Å². The summed E-state index contributed by atoms with van der Waals surface area (Å²) in [6.45, 7) is 3.06. The highest BCUT2D eigenvalue weighted by atomic mass is 16.5. The minimum atomic E-state index is -0.325. The van der Waals surface area contributed by atoms with Crippen LogP contribution in [0.4, 0.5) is 11.4 Å². The van der Waals surface area contributed by atoms with Gasteiger partial charge in [0.05, 0.1) is 0 Å². The predicted octanol–water partition coefficient (Wildman–Crippen LogP) is 3.26. The van der Waals surface area contributed by atoms with Gasteiger partial charge in [0.2, 0.25) is 5.91 Å². The van der Waals surface area contributed by atoms with E-state index in [0.717, 1.165) is 0 Å². The number of amides is 2. The van der Waals surface area contributed by atoms with Crippen LogP contribution in [-0.4, -0.2) is 24.2 Å². The Morgan fingerprint density at radius 3 is 2.20 bits per heavy atom. The van der Waals surface area contributed by atoms with E-state index in [1.54, 1.807) is 55.5 Å². The molecular weight excluding hydrogens is 320 g/mol. The molecule has 25 heavy (non-hydrogen) atoms. The second-order valence-corrected chi connectivity index (χ2v) is 5.40. The standard InChI is InChI=1S/C19H20N2O4/c1-3-18(23)14-7-9-17(10-8-14)25-12-19(24)21-16-6-4-5-15(11-16)20-13(2)22/h4-11H,3,12H2,1-2H3,(H,20,22)(H,21,24). The fourth-order valence-electron chi connectivity index (χ4n) is 2.17. The molecule has 2 rings (SSSR count). The van der Waals surface area contributed by atoms with Crippen LogP contribution in [-0.2, 0) is 9.59 Å². The Morgan fingerprint density at radius 2 is 1.60 bits per heavy atom. The minimum absolute atomic E-state index is 0.0587. The maximum atomic E-state index is 12.0. The lowest BCUT2D eigenvalue weighted by Gasteiger charge is -2.09. The van der Waals surface area contributed by atoms with Crippen LogP contribution < -0.4 is 15.4 Å². The van der Waals surface area contributed by atoms with E-state index in [0.29, 0.717) is 29.1 Å². The monoisotopic (exact) mass is 340 g/mol. The number of Topliss-reactive ketones (excluding diaryl/α,β-unsaturated/α-hetero) is 1. The number of carbonyl (C=O) groups excluding carboxylic acids is 3. The molecule has 0 aliphatic carbocycles. The van der Waals surface area contributed by atoms with Crippen LogP contribution in [0.5, 0.6) is 5.75 Å². The Kier molecular flexibility index (Phi) is 6.28. The summed E-state index contributed by atoms with van der Waals surface area (Å²) >= 11 is 0. The maximum Gasteiger partial charge on any atom is 0.262 e. The number of hydrogen-bond donors (Lipinski definition) is 2. The molecule has 0 saturated heterocycles. The highest BCUT2D eigenvalue weighted by Gasteiger charge is 2.06. The number of benzene rings is 2. The molecule has 2 aromatic rings. The number of rotatable bonds is 7. The van der Waals surface area contributed by atoms with Crippen molar-refractivity contribution < 1.29 is 19.1 Å². The average Bonchev–Trinajstić information content (AvgIpc) is 2.59. The zero-order valence-corrected chi connectivity index (χ0v) is 14.2. The molecule has 2 amide bonds. The van der Waals surface area contributed by atoms with Crippen molar-refractivity contribution in [3.8, 4) is 5.75 Å². The Morgan fingerprint density at radius 1 is 0.960 bits per heavy atom. The summed E-state index contributed by atoms with van der Waals surface area (Å²) in [4.78, 5) is 34.6. The summed E-state index contributed by atoms with van der Waals surface area (Å²) in [6.07, 6.45) is 0.445. The predicted molar refractivity (Wildman–Crippen MR) is 95.9 cm³/mol. The van der Waals surface area contributed by atoms with E-state index in [9.17, 15) is 14.4 Å². The molecule has 0 aliphatic heterocycles. The van der Waals surface area contributed by atoms with E-state index in [1.165, 1.54) is 6.92 Å². The van der Waals surface area contributed by atoms with E-state index in [2.05, 4.69) is 10.6 Å². The molecule has 0 atom stereocenters. The maximum absolute atomic E-state index is 12.0. The van der Waals surface area contributed by atoms with Gasteiger partial charge < -0.3 is 15.4 Å². The highest BCUT2D eigenvalue weighted by molar-refractivity contribution is 5.96. The SMILES string of the molecule is CCC(=O)c1ccc(OCC(=O)Nc2cccc(NC(C)=O)c2)cc1. The number of ether oxygens (including phenoxy) is 1. The summed E-state index contributed by atoms with van der Waals surface area (Å²) in [5.41, 5.74) is 1.78. The first kappa shape index (κ1) is 18.2. The van der Waals surface area contributed by atoms with Crippen LogP contribution in [0.3, 0.4) is 0 Å². The third-order valence-corrected chi connectivity index (χ3v) is 3.33. The second-order valence-electron chi connectivity index (χ2n) is 5.40. The van der Waals surface area contributed by atoms with Crippen LogP contribution in [0, 0.1) is 0 Å². The average molecular weight is 340 g/mol. The lowest BCUT2D eigenvalue weighted by Crippen LogP contribution is -2.20. The third kappa shape index (κ3) is 5.76. The van der Waals surface area contributed by atoms with Crippen molar-refractivity contribution in [1.82, 2.24) is 0 Å². The highest BCUT2D eigenvalue weighted by Crippen LogP contribution is 2.16. The van der Waals surface area contributed by atoms with Gasteiger partial charge in [-0.15, -0.1) is 0 Å². The van der Waals surface area contributed by atoms with Gasteiger partial charge >= 0.3 is 0 Å². The van der Waals surface area contributed by atoms with Gasteiger partial charge in [-0.05, 0) is 42.5 Å². The number of nitrogens with one attached hydrogen (secondary N) is 2. The summed E-state index contributed by atoms with van der Waals surface area (Å²) in [7, 11) is 0. The van der Waals surface area contributed by atoms with Gasteiger partial charge in [-0.25, -0.2) is 0 Å². The Labute approximate surface area is 146 Å². The van der Waals surface area contributed by atoms with Gasteiger partial charge in [-0.2, -0.15) is 0 Å². The van der Waals surface area contributed by atoms with Gasteiger partial charge in [0.15, 0.2) is 12.4 Å². The molecule has 0 spiro atoms. The molecule has 0 aromatic heterocycles. The summed E-state index contributed by atoms with van der Waals surface area (Å²) < 4.78 is 5.41. The molecule has 0 unspecified atom stereocenters. The van der Waals surface area contributed by atoms with Gasteiger partial charge in [0.1, 0.15) is 5.75 Å². The van der Waals surface area contributed by atoms with Crippen molar-refractivity contribution in [3.63, 3.8) is 0 Å². The molecule has 130 valence electrons. The van der Waals surface area contributed by atoms with Crippen molar-refractivity contribution in [3.05, 3.63) is 54.1 Å². The molecule has 0 radical (unpaired) electrons. The quantitative estimate of drug-likeness (QED) is 0.758. The molecule has 2 N–H and O–H groups in total. The normalized spacial score (nSPS) is 10.0. The molecule has 0 aliphatic rings. The molecule has 6 heteroatoms. The van der Waals surface area contributed by atoms with Crippen LogP contribution >= 0.6 is 0 Å². The van der Waals surface area contributed by atoms with Crippen LogP contribution in [0.25, 0.3) is 0 Å². The topological polar surface area (TPSA) is 84.5 Å². The van der Waals surface area contributed by atoms with Crippen LogP contribution in [0.1, 0.15) is 30.6 Å². The van der Waals surface area contributed by atoms with E-state index in [1.807, 2.05) is 0 Å². The Hall–Kier alpha value is -3.15. The van der Waals surface area contributed by atoms with Crippen molar-refractivity contribution >= 4 is 29.0 Å². The number of carbonyl (C=O) groups is 3. The lowest BCUT2D eigenvalue weighted by molar-refractivity contribution is -0.118. The molecule has 2 aromatic carbocycles. The summed E-state index contributed by atoms with van der Waals surface area (Å²) in [5, 5.41) is 5.34.